The number of hydrogen-bond acceptors (Lipinski definition) is 4. The van der Waals surface area contributed by atoms with E-state index in [1.165, 1.54) is 18.2 Å². The molecule has 0 atom stereocenters. The Kier molecular flexibility index (Phi) is 3.67. The summed E-state index contributed by atoms with van der Waals surface area (Å²) in [7, 11) is -3.74. The Morgan fingerprint density at radius 1 is 1.00 bits per heavy atom. The summed E-state index contributed by atoms with van der Waals surface area (Å²) in [6.07, 6.45) is 0. The molecule has 0 aliphatic rings. The van der Waals surface area contributed by atoms with Crippen LogP contribution >= 0.6 is 0 Å². The summed E-state index contributed by atoms with van der Waals surface area (Å²) >= 11 is 0. The van der Waals surface area contributed by atoms with Crippen LogP contribution in [0.1, 0.15) is 5.56 Å². The van der Waals surface area contributed by atoms with E-state index in [0.29, 0.717) is 5.52 Å². The van der Waals surface area contributed by atoms with E-state index in [4.69, 9.17) is 4.42 Å². The molecule has 1 heterocycles. The van der Waals surface area contributed by atoms with Gasteiger partial charge in [0.15, 0.2) is 5.58 Å². The Morgan fingerprint density at radius 3 is 2.68 bits per heavy atom. The van der Waals surface area contributed by atoms with E-state index in [1.807, 2.05) is 42.5 Å². The van der Waals surface area contributed by atoms with E-state index < -0.39 is 15.8 Å². The van der Waals surface area contributed by atoms with Crippen molar-refractivity contribution in [2.75, 3.05) is 0 Å². The van der Waals surface area contributed by atoms with Gasteiger partial charge in [0.1, 0.15) is 0 Å². The Hall–Kier alpha value is -2.90. The highest BCUT2D eigenvalue weighted by atomic mass is 32.2. The number of H-pyrrole nitrogens is 1. The zero-order chi connectivity index (χ0) is 17.4. The van der Waals surface area contributed by atoms with Gasteiger partial charge in [-0.25, -0.2) is 17.9 Å². The average Bonchev–Trinajstić information content (AvgIpc) is 2.99. The maximum Gasteiger partial charge on any atom is 0.417 e. The molecule has 7 heteroatoms. The third kappa shape index (κ3) is 2.95. The fourth-order valence-corrected chi connectivity index (χ4v) is 3.82. The van der Waals surface area contributed by atoms with Crippen LogP contribution in [0.15, 0.2) is 74.8 Å². The van der Waals surface area contributed by atoms with Gasteiger partial charge in [-0.2, -0.15) is 0 Å². The van der Waals surface area contributed by atoms with Gasteiger partial charge in [-0.1, -0.05) is 42.5 Å². The molecule has 3 aromatic carbocycles. The number of fused-ring (bicyclic) bond motifs is 2. The first kappa shape index (κ1) is 15.6. The summed E-state index contributed by atoms with van der Waals surface area (Å²) in [6, 6.07) is 17.8. The molecular weight excluding hydrogens is 340 g/mol. The molecule has 4 aromatic rings. The van der Waals surface area contributed by atoms with E-state index >= 15 is 0 Å². The second kappa shape index (κ2) is 5.87. The number of aromatic amines is 1. The van der Waals surface area contributed by atoms with Gasteiger partial charge in [0.05, 0.1) is 10.4 Å². The van der Waals surface area contributed by atoms with E-state index in [-0.39, 0.29) is 17.0 Å². The minimum Gasteiger partial charge on any atom is -0.408 e. The van der Waals surface area contributed by atoms with Crippen molar-refractivity contribution in [2.24, 2.45) is 0 Å². The first-order valence-electron chi connectivity index (χ1n) is 7.62. The van der Waals surface area contributed by atoms with Crippen LogP contribution in [0.5, 0.6) is 0 Å². The van der Waals surface area contributed by atoms with Gasteiger partial charge in [-0.15, -0.1) is 0 Å². The lowest BCUT2D eigenvalue weighted by Crippen LogP contribution is -2.23. The molecule has 0 aliphatic heterocycles. The number of rotatable bonds is 4. The lowest BCUT2D eigenvalue weighted by Gasteiger charge is -2.09. The minimum atomic E-state index is -3.74. The van der Waals surface area contributed by atoms with Crippen molar-refractivity contribution in [3.63, 3.8) is 0 Å². The summed E-state index contributed by atoms with van der Waals surface area (Å²) in [5, 5.41) is 2.05. The van der Waals surface area contributed by atoms with Crippen LogP contribution in [-0.2, 0) is 16.6 Å². The normalized spacial score (nSPS) is 12.0. The Bertz CT molecular complexity index is 1230. The molecule has 0 radical (unpaired) electrons. The van der Waals surface area contributed by atoms with E-state index in [1.54, 1.807) is 0 Å². The van der Waals surface area contributed by atoms with Gasteiger partial charge in [-0.05, 0) is 28.5 Å². The van der Waals surface area contributed by atoms with Gasteiger partial charge < -0.3 is 4.42 Å². The third-order valence-corrected chi connectivity index (χ3v) is 5.43. The smallest absolute Gasteiger partial charge is 0.408 e. The third-order valence-electron chi connectivity index (χ3n) is 4.04. The lowest BCUT2D eigenvalue weighted by molar-refractivity contribution is 0.553. The topological polar surface area (TPSA) is 92.2 Å². The van der Waals surface area contributed by atoms with Crippen molar-refractivity contribution in [1.29, 1.82) is 0 Å². The van der Waals surface area contributed by atoms with Gasteiger partial charge >= 0.3 is 5.76 Å². The average molecular weight is 354 g/mol. The van der Waals surface area contributed by atoms with E-state index in [2.05, 4.69) is 9.71 Å². The fourth-order valence-electron chi connectivity index (χ4n) is 2.80. The summed E-state index contributed by atoms with van der Waals surface area (Å²) in [5.74, 6) is -0.617. The zero-order valence-electron chi connectivity index (χ0n) is 13.0. The molecule has 0 saturated heterocycles. The highest BCUT2D eigenvalue weighted by Crippen LogP contribution is 2.20. The fraction of sp³-hybridized carbons (Fsp3) is 0.0556. The van der Waals surface area contributed by atoms with Crippen molar-refractivity contribution in [1.82, 2.24) is 9.71 Å². The summed E-state index contributed by atoms with van der Waals surface area (Å²) in [5.41, 5.74) is 1.55. The number of aromatic nitrogens is 1. The van der Waals surface area contributed by atoms with Gasteiger partial charge in [0.2, 0.25) is 10.0 Å². The van der Waals surface area contributed by atoms with Crippen LogP contribution in [0.3, 0.4) is 0 Å². The summed E-state index contributed by atoms with van der Waals surface area (Å²) in [4.78, 5) is 13.7. The van der Waals surface area contributed by atoms with Crippen molar-refractivity contribution in [3.05, 3.63) is 76.8 Å². The van der Waals surface area contributed by atoms with Crippen LogP contribution in [-0.4, -0.2) is 13.4 Å². The number of oxazole rings is 1. The van der Waals surface area contributed by atoms with E-state index in [0.717, 1.165) is 16.3 Å². The molecule has 25 heavy (non-hydrogen) atoms. The molecule has 1 aromatic heterocycles. The highest BCUT2D eigenvalue weighted by Gasteiger charge is 2.16. The number of sulfonamides is 1. The van der Waals surface area contributed by atoms with Crippen molar-refractivity contribution < 1.29 is 12.8 Å². The SMILES string of the molecule is O=c1[nH]c2ccc(S(=O)(=O)NCc3cccc4ccccc34)cc2o1. The molecule has 0 bridgehead atoms. The maximum atomic E-state index is 12.6. The van der Waals surface area contributed by atoms with Crippen LogP contribution in [0.25, 0.3) is 21.9 Å². The molecule has 0 fully saturated rings. The quantitative estimate of drug-likeness (QED) is 0.589. The number of nitrogens with one attached hydrogen (secondary N) is 2. The summed E-state index contributed by atoms with van der Waals surface area (Å²) < 4.78 is 32.6. The van der Waals surface area contributed by atoms with Crippen molar-refractivity contribution >= 4 is 31.9 Å². The monoisotopic (exact) mass is 354 g/mol. The maximum absolute atomic E-state index is 12.6. The standard InChI is InChI=1S/C18H14N2O4S/c21-18-20-16-9-8-14(10-17(16)24-18)25(22,23)19-11-13-6-3-5-12-4-1-2-7-15(12)13/h1-10,19H,11H2,(H,20,21). The van der Waals surface area contributed by atoms with Gasteiger partial charge in [-0.3, -0.25) is 4.98 Å². The van der Waals surface area contributed by atoms with Crippen LogP contribution < -0.4 is 10.5 Å². The van der Waals surface area contributed by atoms with Gasteiger partial charge in [0.25, 0.3) is 0 Å². The second-order valence-corrected chi connectivity index (χ2v) is 7.40. The molecule has 2 N–H and O–H groups in total. The zero-order valence-corrected chi connectivity index (χ0v) is 13.8. The lowest BCUT2D eigenvalue weighted by atomic mass is 10.1. The predicted octanol–water partition coefficient (Wildman–Crippen LogP) is 2.75. The molecule has 6 nitrogen and oxygen atoms in total. The molecule has 0 unspecified atom stereocenters. The first-order valence-corrected chi connectivity index (χ1v) is 9.10. The van der Waals surface area contributed by atoms with Crippen LogP contribution in [0.4, 0.5) is 0 Å². The predicted molar refractivity (Wildman–Crippen MR) is 94.8 cm³/mol. The highest BCUT2D eigenvalue weighted by molar-refractivity contribution is 7.89. The molecule has 0 aliphatic carbocycles. The molecule has 0 saturated carbocycles. The molecule has 126 valence electrons. The largest absolute Gasteiger partial charge is 0.417 e. The van der Waals surface area contributed by atoms with Crippen LogP contribution in [0.2, 0.25) is 0 Å². The van der Waals surface area contributed by atoms with Crippen molar-refractivity contribution in [2.45, 2.75) is 11.4 Å². The second-order valence-electron chi connectivity index (χ2n) is 5.64. The molecule has 4 rings (SSSR count). The number of benzene rings is 3. The van der Waals surface area contributed by atoms with Crippen LogP contribution in [0, 0.1) is 0 Å². The molecule has 0 amide bonds. The Labute approximate surface area is 143 Å². The first-order chi connectivity index (χ1) is 12.0. The Morgan fingerprint density at radius 2 is 1.80 bits per heavy atom. The molecule has 0 spiro atoms. The summed E-state index contributed by atoms with van der Waals surface area (Å²) in [6.45, 7) is 0.165. The minimum absolute atomic E-state index is 0.0444. The Balaban J connectivity index is 1.65. The molecular formula is C18H14N2O4S. The number of hydrogen-bond donors (Lipinski definition) is 2. The van der Waals surface area contributed by atoms with Gasteiger partial charge in [0, 0.05) is 12.6 Å². The van der Waals surface area contributed by atoms with E-state index in [9.17, 15) is 13.2 Å². The van der Waals surface area contributed by atoms with Crippen molar-refractivity contribution in [3.8, 4) is 0 Å².